The van der Waals surface area contributed by atoms with Gasteiger partial charge in [0, 0.05) is 23.7 Å². The van der Waals surface area contributed by atoms with E-state index in [1.165, 1.54) is 0 Å². The van der Waals surface area contributed by atoms with Crippen LogP contribution >= 0.6 is 0 Å². The molecule has 0 spiro atoms. The Kier molecular flexibility index (Phi) is 4.61. The Hall–Kier alpha value is -3.54. The zero-order valence-corrected chi connectivity index (χ0v) is 16.0. The predicted octanol–water partition coefficient (Wildman–Crippen LogP) is 4.17. The van der Waals surface area contributed by atoms with Crippen molar-refractivity contribution in [3.63, 3.8) is 0 Å². The van der Waals surface area contributed by atoms with Crippen molar-refractivity contribution in [1.29, 1.82) is 0 Å². The summed E-state index contributed by atoms with van der Waals surface area (Å²) < 4.78 is 5.33. The molecule has 28 heavy (non-hydrogen) atoms. The third-order valence-electron chi connectivity index (χ3n) is 4.61. The van der Waals surface area contributed by atoms with Gasteiger partial charge < -0.3 is 9.42 Å². The number of nitrogens with zero attached hydrogens (tertiary/aromatic N) is 4. The van der Waals surface area contributed by atoms with Crippen molar-refractivity contribution in [2.75, 3.05) is 7.05 Å². The first-order valence-corrected chi connectivity index (χ1v) is 9.03. The molecule has 4 rings (SSSR count). The normalized spacial score (nSPS) is 11.0. The maximum atomic E-state index is 13.1. The highest BCUT2D eigenvalue weighted by molar-refractivity contribution is 6.06. The second-order valence-electron chi connectivity index (χ2n) is 6.83. The van der Waals surface area contributed by atoms with Crippen LogP contribution in [0.1, 0.15) is 27.4 Å². The minimum absolute atomic E-state index is 0.104. The van der Waals surface area contributed by atoms with Crippen LogP contribution in [0.3, 0.4) is 0 Å². The molecule has 2 heterocycles. The van der Waals surface area contributed by atoms with E-state index in [1.807, 2.05) is 68.4 Å². The molecule has 0 atom stereocenters. The maximum absolute atomic E-state index is 13.1. The molecule has 140 valence electrons. The third-order valence-corrected chi connectivity index (χ3v) is 4.61. The summed E-state index contributed by atoms with van der Waals surface area (Å²) in [5.41, 5.74) is 4.18. The van der Waals surface area contributed by atoms with Gasteiger partial charge in [-0.15, -0.1) is 0 Å². The van der Waals surface area contributed by atoms with Crippen LogP contribution in [0.5, 0.6) is 0 Å². The van der Waals surface area contributed by atoms with Crippen LogP contribution in [-0.4, -0.2) is 33.0 Å². The van der Waals surface area contributed by atoms with Crippen LogP contribution in [0.4, 0.5) is 0 Å². The lowest BCUT2D eigenvalue weighted by molar-refractivity contribution is 0.0782. The number of benzene rings is 2. The van der Waals surface area contributed by atoms with Crippen LogP contribution in [0.2, 0.25) is 0 Å². The van der Waals surface area contributed by atoms with Gasteiger partial charge >= 0.3 is 0 Å². The van der Waals surface area contributed by atoms with Crippen LogP contribution in [0, 0.1) is 13.8 Å². The lowest BCUT2D eigenvalue weighted by Gasteiger charge is -2.17. The molecule has 0 N–H and O–H groups in total. The highest BCUT2D eigenvalue weighted by Gasteiger charge is 2.19. The molecule has 0 aliphatic heterocycles. The Labute approximate surface area is 162 Å². The quantitative estimate of drug-likeness (QED) is 0.537. The Morgan fingerprint density at radius 2 is 1.82 bits per heavy atom. The molecule has 4 aromatic rings. The summed E-state index contributed by atoms with van der Waals surface area (Å²) in [4.78, 5) is 23.7. The topological polar surface area (TPSA) is 72.1 Å². The summed E-state index contributed by atoms with van der Waals surface area (Å²) in [7, 11) is 1.73. The summed E-state index contributed by atoms with van der Waals surface area (Å²) in [6, 6.07) is 17.2. The fourth-order valence-corrected chi connectivity index (χ4v) is 3.20. The van der Waals surface area contributed by atoms with Gasteiger partial charge in [0.05, 0.1) is 17.6 Å². The van der Waals surface area contributed by atoms with Crippen molar-refractivity contribution in [3.8, 4) is 11.5 Å². The molecule has 0 saturated carbocycles. The minimum Gasteiger partial charge on any atom is -0.334 e. The Morgan fingerprint density at radius 3 is 2.61 bits per heavy atom. The van der Waals surface area contributed by atoms with E-state index in [-0.39, 0.29) is 12.5 Å². The number of rotatable bonds is 4. The van der Waals surface area contributed by atoms with Crippen molar-refractivity contribution >= 4 is 16.8 Å². The SMILES string of the molecule is Cc1cc(C(=O)N(C)Cc2noc(-c3ccccc3)n2)c2cccc(C)c2n1. The number of hydrogen-bond donors (Lipinski definition) is 0. The van der Waals surface area contributed by atoms with Crippen molar-refractivity contribution in [2.24, 2.45) is 0 Å². The number of pyridine rings is 1. The minimum atomic E-state index is -0.104. The molecule has 6 heteroatoms. The molecule has 1 amide bonds. The summed E-state index contributed by atoms with van der Waals surface area (Å²) in [5.74, 6) is 0.797. The molecule has 0 fully saturated rings. The number of para-hydroxylation sites is 1. The average Bonchev–Trinajstić information content (AvgIpc) is 3.17. The number of aromatic nitrogens is 3. The van der Waals surface area contributed by atoms with Gasteiger partial charge in [-0.1, -0.05) is 41.6 Å². The van der Waals surface area contributed by atoms with Crippen molar-refractivity contribution in [2.45, 2.75) is 20.4 Å². The zero-order valence-electron chi connectivity index (χ0n) is 16.0. The van der Waals surface area contributed by atoms with Gasteiger partial charge in [0.2, 0.25) is 0 Å². The maximum Gasteiger partial charge on any atom is 0.257 e. The molecule has 0 aliphatic carbocycles. The van der Waals surface area contributed by atoms with Crippen LogP contribution in [0.15, 0.2) is 59.1 Å². The first-order chi connectivity index (χ1) is 13.5. The summed E-state index contributed by atoms with van der Waals surface area (Å²) in [5, 5.41) is 4.86. The lowest BCUT2D eigenvalue weighted by Crippen LogP contribution is -2.27. The van der Waals surface area contributed by atoms with Crippen molar-refractivity contribution in [3.05, 3.63) is 77.2 Å². The predicted molar refractivity (Wildman–Crippen MR) is 107 cm³/mol. The monoisotopic (exact) mass is 372 g/mol. The Bertz CT molecular complexity index is 1150. The van der Waals surface area contributed by atoms with Crippen molar-refractivity contribution < 1.29 is 9.32 Å². The van der Waals surface area contributed by atoms with E-state index >= 15 is 0 Å². The molecule has 2 aromatic heterocycles. The van der Waals surface area contributed by atoms with Crippen LogP contribution in [0.25, 0.3) is 22.4 Å². The van der Waals surface area contributed by atoms with Crippen LogP contribution in [-0.2, 0) is 6.54 Å². The highest BCUT2D eigenvalue weighted by Crippen LogP contribution is 2.23. The molecule has 0 unspecified atom stereocenters. The second-order valence-corrected chi connectivity index (χ2v) is 6.83. The van der Waals surface area contributed by atoms with E-state index in [0.29, 0.717) is 17.3 Å². The van der Waals surface area contributed by atoms with Crippen LogP contribution < -0.4 is 0 Å². The average molecular weight is 372 g/mol. The fourth-order valence-electron chi connectivity index (χ4n) is 3.20. The number of carbonyl (C=O) groups excluding carboxylic acids is 1. The van der Waals surface area contributed by atoms with E-state index in [9.17, 15) is 4.79 Å². The Morgan fingerprint density at radius 1 is 1.04 bits per heavy atom. The highest BCUT2D eigenvalue weighted by atomic mass is 16.5. The summed E-state index contributed by atoms with van der Waals surface area (Å²) in [6.07, 6.45) is 0. The molecule has 0 radical (unpaired) electrons. The van der Waals surface area contributed by atoms with Gasteiger partial charge in [-0.25, -0.2) is 0 Å². The number of aryl methyl sites for hydroxylation is 2. The first kappa shape index (κ1) is 17.9. The van der Waals surface area contributed by atoms with Gasteiger partial charge in [-0.2, -0.15) is 4.98 Å². The van der Waals surface area contributed by atoms with E-state index in [0.717, 1.165) is 27.7 Å². The number of hydrogen-bond acceptors (Lipinski definition) is 5. The molecule has 0 aliphatic rings. The molecular formula is C22H20N4O2. The molecular weight excluding hydrogens is 352 g/mol. The smallest absolute Gasteiger partial charge is 0.257 e. The summed E-state index contributed by atoms with van der Waals surface area (Å²) in [6.45, 7) is 4.15. The molecule has 6 nitrogen and oxygen atoms in total. The molecule has 0 saturated heterocycles. The Balaban J connectivity index is 1.60. The zero-order chi connectivity index (χ0) is 19.7. The van der Waals surface area contributed by atoms with Crippen molar-refractivity contribution in [1.82, 2.24) is 20.0 Å². The van der Waals surface area contributed by atoms with E-state index in [2.05, 4.69) is 15.1 Å². The lowest BCUT2D eigenvalue weighted by atomic mass is 10.0. The number of carbonyl (C=O) groups is 1. The first-order valence-electron chi connectivity index (χ1n) is 9.03. The fraction of sp³-hybridized carbons (Fsp3) is 0.182. The van der Waals surface area contributed by atoms with Gasteiger partial charge in [-0.3, -0.25) is 9.78 Å². The standard InChI is InChI=1S/C22H20N4O2/c1-14-8-7-11-17-18(12-15(2)23-20(14)17)22(27)26(3)13-19-24-21(28-25-19)16-9-5-4-6-10-16/h4-12H,13H2,1-3H3. The van der Waals surface area contributed by atoms with E-state index < -0.39 is 0 Å². The van der Waals surface area contributed by atoms with Gasteiger partial charge in [0.25, 0.3) is 11.8 Å². The molecule has 0 bridgehead atoms. The molecule has 2 aromatic carbocycles. The van der Waals surface area contributed by atoms with Gasteiger partial charge in [0.1, 0.15) is 0 Å². The van der Waals surface area contributed by atoms with Gasteiger partial charge in [0.15, 0.2) is 5.82 Å². The largest absolute Gasteiger partial charge is 0.334 e. The number of amides is 1. The van der Waals surface area contributed by atoms with E-state index in [1.54, 1.807) is 11.9 Å². The number of fused-ring (bicyclic) bond motifs is 1. The van der Waals surface area contributed by atoms with E-state index in [4.69, 9.17) is 4.52 Å². The summed E-state index contributed by atoms with van der Waals surface area (Å²) >= 11 is 0. The second kappa shape index (κ2) is 7.23. The van der Waals surface area contributed by atoms with Gasteiger partial charge in [-0.05, 0) is 37.6 Å². The third kappa shape index (κ3) is 3.36.